The number of ether oxygens (including phenoxy) is 1. The van der Waals surface area contributed by atoms with Crippen molar-refractivity contribution in [1.82, 2.24) is 4.98 Å². The van der Waals surface area contributed by atoms with Gasteiger partial charge in [0.05, 0.1) is 12.8 Å². The van der Waals surface area contributed by atoms with E-state index in [1.807, 2.05) is 24.3 Å². The van der Waals surface area contributed by atoms with Crippen molar-refractivity contribution in [3.63, 3.8) is 0 Å². The van der Waals surface area contributed by atoms with E-state index in [9.17, 15) is 4.79 Å². The van der Waals surface area contributed by atoms with Crippen molar-refractivity contribution >= 4 is 27.7 Å². The van der Waals surface area contributed by atoms with E-state index in [1.165, 1.54) is 4.90 Å². The summed E-state index contributed by atoms with van der Waals surface area (Å²) >= 11 is 3.36. The van der Waals surface area contributed by atoms with Crippen molar-refractivity contribution in [3.05, 3.63) is 77.3 Å². The van der Waals surface area contributed by atoms with E-state index in [4.69, 9.17) is 9.15 Å². The summed E-state index contributed by atoms with van der Waals surface area (Å²) in [5, 5.41) is 0. The van der Waals surface area contributed by atoms with Crippen LogP contribution in [0.1, 0.15) is 5.76 Å². The average Bonchev–Trinajstić information content (AvgIpc) is 3.13. The summed E-state index contributed by atoms with van der Waals surface area (Å²) in [4.78, 5) is 18.4. The van der Waals surface area contributed by atoms with Crippen LogP contribution in [0.2, 0.25) is 0 Å². The first-order chi connectivity index (χ1) is 11.7. The minimum atomic E-state index is -0.201. The third-order valence-corrected chi connectivity index (χ3v) is 3.83. The van der Waals surface area contributed by atoms with E-state index in [0.717, 1.165) is 4.47 Å². The zero-order valence-corrected chi connectivity index (χ0v) is 14.3. The molecule has 0 bridgehead atoms. The summed E-state index contributed by atoms with van der Waals surface area (Å²) in [5.74, 6) is 1.66. The summed E-state index contributed by atoms with van der Waals surface area (Å²) in [6.07, 6.45) is 3.22. The van der Waals surface area contributed by atoms with E-state index in [0.29, 0.717) is 23.9 Å². The summed E-state index contributed by atoms with van der Waals surface area (Å²) < 4.78 is 11.9. The Morgan fingerprint density at radius 1 is 1.12 bits per heavy atom. The molecule has 2 aromatic heterocycles. The Kier molecular flexibility index (Phi) is 5.28. The second-order valence-corrected chi connectivity index (χ2v) is 5.91. The third-order valence-electron chi connectivity index (χ3n) is 3.30. The maximum atomic E-state index is 12.6. The Morgan fingerprint density at radius 2 is 1.96 bits per heavy atom. The number of rotatable bonds is 6. The Hall–Kier alpha value is -2.60. The molecular formula is C18H15BrN2O3. The molecule has 0 saturated heterocycles. The summed E-state index contributed by atoms with van der Waals surface area (Å²) in [5.41, 5.74) is 0. The molecule has 0 radical (unpaired) electrons. The molecular weight excluding hydrogens is 372 g/mol. The molecule has 3 aromatic rings. The van der Waals surface area contributed by atoms with Crippen molar-refractivity contribution in [2.75, 3.05) is 11.5 Å². The molecule has 6 heteroatoms. The Labute approximate surface area is 148 Å². The maximum Gasteiger partial charge on any atom is 0.266 e. The van der Waals surface area contributed by atoms with Crippen LogP contribution in [0.4, 0.5) is 5.82 Å². The molecule has 0 spiro atoms. The quantitative estimate of drug-likeness (QED) is 0.641. The molecule has 0 N–H and O–H groups in total. The van der Waals surface area contributed by atoms with Crippen molar-refractivity contribution in [2.45, 2.75) is 6.54 Å². The largest absolute Gasteiger partial charge is 0.484 e. The lowest BCUT2D eigenvalue weighted by molar-refractivity contribution is -0.120. The second kappa shape index (κ2) is 7.79. The van der Waals surface area contributed by atoms with E-state index in [2.05, 4.69) is 20.9 Å². The fourth-order valence-electron chi connectivity index (χ4n) is 2.12. The monoisotopic (exact) mass is 386 g/mol. The number of benzene rings is 1. The normalized spacial score (nSPS) is 10.4. The van der Waals surface area contributed by atoms with Gasteiger partial charge in [-0.25, -0.2) is 4.98 Å². The van der Waals surface area contributed by atoms with Crippen LogP contribution in [-0.2, 0) is 11.3 Å². The molecule has 0 aliphatic carbocycles. The number of amides is 1. The predicted octanol–water partition coefficient (Wildman–Crippen LogP) is 4.05. The Bertz CT molecular complexity index is 774. The van der Waals surface area contributed by atoms with E-state index in [1.54, 1.807) is 42.8 Å². The van der Waals surface area contributed by atoms with Crippen LogP contribution in [0.5, 0.6) is 5.75 Å². The minimum absolute atomic E-state index is 0.0844. The first-order valence-electron chi connectivity index (χ1n) is 7.34. The molecule has 5 nitrogen and oxygen atoms in total. The highest BCUT2D eigenvalue weighted by Gasteiger charge is 2.19. The Balaban J connectivity index is 1.72. The lowest BCUT2D eigenvalue weighted by Crippen LogP contribution is -2.35. The second-order valence-electron chi connectivity index (χ2n) is 4.99. The number of carbonyl (C=O) groups is 1. The highest BCUT2D eigenvalue weighted by atomic mass is 79.9. The fraction of sp³-hybridized carbons (Fsp3) is 0.111. The van der Waals surface area contributed by atoms with Crippen LogP contribution in [0.3, 0.4) is 0 Å². The molecule has 3 rings (SSSR count). The highest BCUT2D eigenvalue weighted by Crippen LogP contribution is 2.18. The summed E-state index contributed by atoms with van der Waals surface area (Å²) in [6.45, 7) is 0.214. The predicted molar refractivity (Wildman–Crippen MR) is 93.8 cm³/mol. The van der Waals surface area contributed by atoms with E-state index < -0.39 is 0 Å². The first kappa shape index (κ1) is 16.3. The SMILES string of the molecule is O=C(COc1ccc(Br)cc1)N(Cc1ccco1)c1ccccn1. The van der Waals surface area contributed by atoms with E-state index >= 15 is 0 Å². The lowest BCUT2D eigenvalue weighted by atomic mass is 10.3. The molecule has 0 fully saturated rings. The van der Waals surface area contributed by atoms with Crippen LogP contribution >= 0.6 is 15.9 Å². The highest BCUT2D eigenvalue weighted by molar-refractivity contribution is 9.10. The topological polar surface area (TPSA) is 55.6 Å². The van der Waals surface area contributed by atoms with Crippen molar-refractivity contribution < 1.29 is 13.9 Å². The van der Waals surface area contributed by atoms with Gasteiger partial charge in [0.15, 0.2) is 6.61 Å². The average molecular weight is 387 g/mol. The number of anilines is 1. The number of hydrogen-bond acceptors (Lipinski definition) is 4. The zero-order valence-electron chi connectivity index (χ0n) is 12.8. The zero-order chi connectivity index (χ0) is 16.8. The van der Waals surface area contributed by atoms with Crippen LogP contribution in [0.15, 0.2) is 75.9 Å². The minimum Gasteiger partial charge on any atom is -0.484 e. The molecule has 0 aliphatic heterocycles. The molecule has 2 heterocycles. The number of furan rings is 1. The number of halogens is 1. The van der Waals surface area contributed by atoms with Crippen LogP contribution < -0.4 is 9.64 Å². The molecule has 0 aliphatic rings. The summed E-state index contributed by atoms with van der Waals surface area (Å²) in [6, 6.07) is 16.3. The van der Waals surface area contributed by atoms with Gasteiger partial charge in [-0.2, -0.15) is 0 Å². The van der Waals surface area contributed by atoms with Gasteiger partial charge in [-0.05, 0) is 48.5 Å². The van der Waals surface area contributed by atoms with Gasteiger partial charge in [-0.3, -0.25) is 9.69 Å². The molecule has 1 aromatic carbocycles. The van der Waals surface area contributed by atoms with Crippen molar-refractivity contribution in [2.24, 2.45) is 0 Å². The summed E-state index contributed by atoms with van der Waals surface area (Å²) in [7, 11) is 0. The number of nitrogens with zero attached hydrogens (tertiary/aromatic N) is 2. The van der Waals surface area contributed by atoms with Gasteiger partial charge in [0.25, 0.3) is 5.91 Å². The third kappa shape index (κ3) is 4.23. The standard InChI is InChI=1S/C18H15BrN2O3/c19-14-6-8-15(9-7-14)24-13-18(22)21(12-16-4-3-11-23-16)17-5-1-2-10-20-17/h1-11H,12-13H2. The maximum absolute atomic E-state index is 12.6. The van der Waals surface area contributed by atoms with Crippen LogP contribution in [0, 0.1) is 0 Å². The van der Waals surface area contributed by atoms with Gasteiger partial charge in [0.2, 0.25) is 0 Å². The van der Waals surface area contributed by atoms with Gasteiger partial charge in [-0.15, -0.1) is 0 Å². The van der Waals surface area contributed by atoms with Crippen LogP contribution in [-0.4, -0.2) is 17.5 Å². The molecule has 0 unspecified atom stereocenters. The number of aromatic nitrogens is 1. The molecule has 1 amide bonds. The molecule has 0 saturated carbocycles. The first-order valence-corrected chi connectivity index (χ1v) is 8.14. The van der Waals surface area contributed by atoms with Crippen molar-refractivity contribution in [3.8, 4) is 5.75 Å². The fourth-order valence-corrected chi connectivity index (χ4v) is 2.39. The number of carbonyl (C=O) groups excluding carboxylic acids is 1. The van der Waals surface area contributed by atoms with E-state index in [-0.39, 0.29) is 12.5 Å². The molecule has 24 heavy (non-hydrogen) atoms. The van der Waals surface area contributed by atoms with Gasteiger partial charge < -0.3 is 9.15 Å². The lowest BCUT2D eigenvalue weighted by Gasteiger charge is -2.20. The van der Waals surface area contributed by atoms with Crippen LogP contribution in [0.25, 0.3) is 0 Å². The number of pyridine rings is 1. The molecule has 0 atom stereocenters. The van der Waals surface area contributed by atoms with Gasteiger partial charge in [0.1, 0.15) is 17.3 Å². The number of hydrogen-bond donors (Lipinski definition) is 0. The van der Waals surface area contributed by atoms with Gasteiger partial charge >= 0.3 is 0 Å². The molecule has 122 valence electrons. The Morgan fingerprint density at radius 3 is 2.62 bits per heavy atom. The smallest absolute Gasteiger partial charge is 0.266 e. The van der Waals surface area contributed by atoms with Gasteiger partial charge in [-0.1, -0.05) is 22.0 Å². The van der Waals surface area contributed by atoms with Crippen molar-refractivity contribution in [1.29, 1.82) is 0 Å². The van der Waals surface area contributed by atoms with Gasteiger partial charge in [0, 0.05) is 10.7 Å².